The van der Waals surface area contributed by atoms with Gasteiger partial charge >= 0.3 is 0 Å². The molecule has 0 saturated heterocycles. The highest BCUT2D eigenvalue weighted by Crippen LogP contribution is 2.30. The highest BCUT2D eigenvalue weighted by molar-refractivity contribution is 5.65. The first-order valence-corrected chi connectivity index (χ1v) is 4.71. The van der Waals surface area contributed by atoms with Crippen LogP contribution in [0.25, 0.3) is 11.4 Å². The second kappa shape index (κ2) is 4.30. The van der Waals surface area contributed by atoms with Crippen LogP contribution in [-0.4, -0.2) is 20.4 Å². The first-order valence-electron chi connectivity index (χ1n) is 4.71. The second-order valence-corrected chi connectivity index (χ2v) is 3.19. The number of nitrogens with two attached hydrogens (primary N) is 1. The van der Waals surface area contributed by atoms with Crippen LogP contribution in [0.2, 0.25) is 0 Å². The maximum atomic E-state index is 9.81. The van der Waals surface area contributed by atoms with Crippen molar-refractivity contribution in [3.8, 4) is 17.1 Å². The van der Waals surface area contributed by atoms with Gasteiger partial charge < -0.3 is 20.5 Å². The third-order valence-electron chi connectivity index (χ3n) is 2.17. The number of aromatic hydroxyl groups is 1. The number of aliphatic hydroxyl groups excluding tert-OH is 1. The van der Waals surface area contributed by atoms with E-state index in [1.54, 1.807) is 18.2 Å². The van der Waals surface area contributed by atoms with Gasteiger partial charge in [0.15, 0.2) is 0 Å². The van der Waals surface area contributed by atoms with Crippen molar-refractivity contribution in [3.05, 3.63) is 29.7 Å². The number of nitrogens with zero attached hydrogens (tertiary/aromatic N) is 2. The lowest BCUT2D eigenvalue weighted by atomic mass is 10.1. The summed E-state index contributed by atoms with van der Waals surface area (Å²) < 4.78 is 4.84. The Morgan fingerprint density at radius 3 is 2.81 bits per heavy atom. The van der Waals surface area contributed by atoms with E-state index in [1.807, 2.05) is 0 Å². The molecule has 1 aromatic heterocycles. The van der Waals surface area contributed by atoms with E-state index < -0.39 is 0 Å². The van der Waals surface area contributed by atoms with E-state index in [9.17, 15) is 5.11 Å². The SMILES string of the molecule is NCc1nc(-c2cccc(CO)c2O)no1. The zero-order valence-electron chi connectivity index (χ0n) is 8.42. The lowest BCUT2D eigenvalue weighted by Gasteiger charge is -2.03. The van der Waals surface area contributed by atoms with Gasteiger partial charge in [-0.2, -0.15) is 4.98 Å². The van der Waals surface area contributed by atoms with Gasteiger partial charge in [-0.1, -0.05) is 17.3 Å². The maximum absolute atomic E-state index is 9.81. The standard InChI is InChI=1S/C10H11N3O3/c11-4-8-12-10(13-16-8)7-3-1-2-6(5-14)9(7)15/h1-3,14-15H,4-5,11H2. The predicted molar refractivity (Wildman–Crippen MR) is 55.2 cm³/mol. The first-order chi connectivity index (χ1) is 7.76. The molecule has 1 aromatic carbocycles. The molecule has 6 heteroatoms. The van der Waals surface area contributed by atoms with Gasteiger partial charge in [0.05, 0.1) is 18.7 Å². The molecule has 2 aromatic rings. The van der Waals surface area contributed by atoms with Gasteiger partial charge in [0.1, 0.15) is 5.75 Å². The van der Waals surface area contributed by atoms with Gasteiger partial charge in [-0.05, 0) is 6.07 Å². The van der Waals surface area contributed by atoms with Gasteiger partial charge in [0.25, 0.3) is 0 Å². The fraction of sp³-hybridized carbons (Fsp3) is 0.200. The molecule has 0 atom stereocenters. The summed E-state index contributed by atoms with van der Waals surface area (Å²) in [6.45, 7) is -0.102. The first kappa shape index (κ1) is 10.6. The number of benzene rings is 1. The molecule has 0 aliphatic carbocycles. The lowest BCUT2D eigenvalue weighted by Crippen LogP contribution is -1.95. The average Bonchev–Trinajstić information content (AvgIpc) is 2.78. The number of phenols is 1. The Kier molecular flexibility index (Phi) is 2.84. The molecule has 6 nitrogen and oxygen atoms in total. The molecule has 16 heavy (non-hydrogen) atoms. The summed E-state index contributed by atoms with van der Waals surface area (Å²) in [6.07, 6.45) is 0. The zero-order valence-corrected chi connectivity index (χ0v) is 8.42. The molecule has 0 saturated carbocycles. The van der Waals surface area contributed by atoms with Gasteiger partial charge in [0.2, 0.25) is 11.7 Å². The molecule has 0 fully saturated rings. The fourth-order valence-corrected chi connectivity index (χ4v) is 1.35. The molecule has 0 radical (unpaired) electrons. The van der Waals surface area contributed by atoms with E-state index in [4.69, 9.17) is 15.4 Å². The monoisotopic (exact) mass is 221 g/mol. The smallest absolute Gasteiger partial charge is 0.240 e. The van der Waals surface area contributed by atoms with Crippen LogP contribution >= 0.6 is 0 Å². The summed E-state index contributed by atoms with van der Waals surface area (Å²) in [5.41, 5.74) is 6.16. The summed E-state index contributed by atoms with van der Waals surface area (Å²) >= 11 is 0. The third kappa shape index (κ3) is 1.75. The minimum absolute atomic E-state index is 0.0469. The van der Waals surface area contributed by atoms with Gasteiger partial charge in [-0.15, -0.1) is 0 Å². The van der Waals surface area contributed by atoms with Crippen LogP contribution in [0.4, 0.5) is 0 Å². The molecule has 0 bridgehead atoms. The van der Waals surface area contributed by atoms with Crippen LogP contribution in [0.3, 0.4) is 0 Å². The Morgan fingerprint density at radius 1 is 1.38 bits per heavy atom. The molecular weight excluding hydrogens is 210 g/mol. The Labute approximate surface area is 91.3 Å². The molecule has 84 valence electrons. The summed E-state index contributed by atoms with van der Waals surface area (Å²) in [4.78, 5) is 3.99. The molecule has 0 aliphatic rings. The van der Waals surface area contributed by atoms with Crippen molar-refractivity contribution in [1.82, 2.24) is 10.1 Å². The molecule has 0 aliphatic heterocycles. The van der Waals surface area contributed by atoms with E-state index in [0.29, 0.717) is 17.0 Å². The van der Waals surface area contributed by atoms with Crippen LogP contribution in [0, 0.1) is 0 Å². The van der Waals surface area contributed by atoms with E-state index in [1.165, 1.54) is 0 Å². The maximum Gasteiger partial charge on any atom is 0.240 e. The summed E-state index contributed by atoms with van der Waals surface area (Å²) in [7, 11) is 0. The number of hydrogen-bond acceptors (Lipinski definition) is 6. The molecule has 0 spiro atoms. The number of rotatable bonds is 3. The minimum atomic E-state index is -0.249. The van der Waals surface area contributed by atoms with E-state index in [2.05, 4.69) is 10.1 Å². The van der Waals surface area contributed by atoms with Crippen LogP contribution in [0.1, 0.15) is 11.5 Å². The second-order valence-electron chi connectivity index (χ2n) is 3.19. The van der Waals surface area contributed by atoms with E-state index >= 15 is 0 Å². The number of para-hydroxylation sites is 1. The summed E-state index contributed by atoms with van der Waals surface area (Å²) in [5.74, 6) is 0.506. The van der Waals surface area contributed by atoms with Crippen molar-refractivity contribution in [2.45, 2.75) is 13.2 Å². The van der Waals surface area contributed by atoms with Crippen molar-refractivity contribution in [2.24, 2.45) is 5.73 Å². The lowest BCUT2D eigenvalue weighted by molar-refractivity contribution is 0.275. The number of hydrogen-bond donors (Lipinski definition) is 3. The average molecular weight is 221 g/mol. The van der Waals surface area contributed by atoms with Gasteiger partial charge in [0, 0.05) is 5.56 Å². The Balaban J connectivity index is 2.47. The fourth-order valence-electron chi connectivity index (χ4n) is 1.35. The molecule has 1 heterocycles. The van der Waals surface area contributed by atoms with Crippen molar-refractivity contribution in [2.75, 3.05) is 0 Å². The van der Waals surface area contributed by atoms with Crippen LogP contribution in [-0.2, 0) is 13.2 Å². The highest BCUT2D eigenvalue weighted by atomic mass is 16.5. The van der Waals surface area contributed by atoms with Gasteiger partial charge in [-0.25, -0.2) is 0 Å². The van der Waals surface area contributed by atoms with Crippen LogP contribution in [0.5, 0.6) is 5.75 Å². The van der Waals surface area contributed by atoms with Crippen LogP contribution < -0.4 is 5.73 Å². The number of aliphatic hydroxyl groups is 1. The quantitative estimate of drug-likeness (QED) is 0.692. The molecule has 2 rings (SSSR count). The molecular formula is C10H11N3O3. The highest BCUT2D eigenvalue weighted by Gasteiger charge is 2.13. The summed E-state index contributed by atoms with van der Waals surface area (Å²) in [6, 6.07) is 4.95. The molecule has 0 amide bonds. The van der Waals surface area contributed by atoms with Crippen molar-refractivity contribution < 1.29 is 14.7 Å². The van der Waals surface area contributed by atoms with Gasteiger partial charge in [-0.3, -0.25) is 0 Å². The largest absolute Gasteiger partial charge is 0.507 e. The Morgan fingerprint density at radius 2 is 2.19 bits per heavy atom. The van der Waals surface area contributed by atoms with Crippen molar-refractivity contribution in [3.63, 3.8) is 0 Å². The molecule has 4 N–H and O–H groups in total. The zero-order chi connectivity index (χ0) is 11.5. The predicted octanol–water partition coefficient (Wildman–Crippen LogP) is 0.393. The summed E-state index contributed by atoms with van der Waals surface area (Å²) in [5, 5.41) is 22.5. The van der Waals surface area contributed by atoms with E-state index in [0.717, 1.165) is 0 Å². The normalized spacial score (nSPS) is 10.6. The Hall–Kier alpha value is -1.92. The van der Waals surface area contributed by atoms with Crippen molar-refractivity contribution in [1.29, 1.82) is 0 Å². The van der Waals surface area contributed by atoms with E-state index in [-0.39, 0.29) is 24.7 Å². The van der Waals surface area contributed by atoms with Crippen LogP contribution in [0.15, 0.2) is 22.7 Å². The number of aromatic nitrogens is 2. The Bertz CT molecular complexity index is 496. The van der Waals surface area contributed by atoms with Crippen molar-refractivity contribution >= 4 is 0 Å². The third-order valence-corrected chi connectivity index (χ3v) is 2.17. The topological polar surface area (TPSA) is 105 Å². The molecule has 0 unspecified atom stereocenters. The minimum Gasteiger partial charge on any atom is -0.507 e.